The Kier molecular flexibility index (Phi) is 8.00. The van der Waals surface area contributed by atoms with E-state index in [1.54, 1.807) is 24.3 Å². The molecule has 0 spiro atoms. The molecule has 8 nitrogen and oxygen atoms in total. The smallest absolute Gasteiger partial charge is 0.338 e. The van der Waals surface area contributed by atoms with Crippen LogP contribution < -0.4 is 10.2 Å². The van der Waals surface area contributed by atoms with Crippen molar-refractivity contribution in [3.05, 3.63) is 60.2 Å². The number of benzene rings is 2. The molecule has 1 heterocycles. The van der Waals surface area contributed by atoms with Crippen LogP contribution in [-0.2, 0) is 14.3 Å². The molecule has 1 aliphatic rings. The molecule has 1 fully saturated rings. The molecule has 0 saturated carbocycles. The van der Waals surface area contributed by atoms with E-state index in [4.69, 9.17) is 10.00 Å². The van der Waals surface area contributed by atoms with Crippen molar-refractivity contribution in [3.63, 3.8) is 0 Å². The van der Waals surface area contributed by atoms with E-state index in [1.165, 1.54) is 12.1 Å². The number of rotatable bonds is 7. The lowest BCUT2D eigenvalue weighted by Gasteiger charge is -2.15. The van der Waals surface area contributed by atoms with Crippen LogP contribution in [-0.4, -0.2) is 34.8 Å². The van der Waals surface area contributed by atoms with Gasteiger partial charge in [0.15, 0.2) is 11.4 Å². The van der Waals surface area contributed by atoms with E-state index < -0.39 is 17.1 Å². The van der Waals surface area contributed by atoms with E-state index in [0.29, 0.717) is 23.5 Å². The second-order valence-corrected chi connectivity index (χ2v) is 8.10. The molecule has 2 aromatic carbocycles. The van der Waals surface area contributed by atoms with Crippen LogP contribution in [0.2, 0.25) is 0 Å². The standard InChI is InChI=1S/C23H22N4O4S/c1-2-3-13-31-22(30)16-9-11-18(12-10-16)27-20(28)14-19(21(27)29)32-23(25-15-24)26-17-7-5-4-6-8-17/h4-12,19H,2-3,13-14H2,1H3,(H,25,26)/t19-/m0/s1. The highest BCUT2D eigenvalue weighted by Gasteiger charge is 2.40. The zero-order chi connectivity index (χ0) is 22.9. The van der Waals surface area contributed by atoms with Gasteiger partial charge in [0.05, 0.1) is 23.5 Å². The van der Waals surface area contributed by atoms with E-state index in [9.17, 15) is 14.4 Å². The van der Waals surface area contributed by atoms with Crippen LogP contribution in [0.4, 0.5) is 11.4 Å². The summed E-state index contributed by atoms with van der Waals surface area (Å²) in [6, 6.07) is 15.2. The fraction of sp³-hybridized carbons (Fsp3) is 0.261. The van der Waals surface area contributed by atoms with Crippen molar-refractivity contribution in [2.75, 3.05) is 11.5 Å². The summed E-state index contributed by atoms with van der Waals surface area (Å²) in [4.78, 5) is 43.0. The summed E-state index contributed by atoms with van der Waals surface area (Å²) >= 11 is 1.03. The minimum absolute atomic E-state index is 0.0226. The summed E-state index contributed by atoms with van der Waals surface area (Å²) in [5.74, 6) is -1.21. The van der Waals surface area contributed by atoms with Gasteiger partial charge in [0.2, 0.25) is 11.8 Å². The number of unbranched alkanes of at least 4 members (excludes halogenated alkanes) is 1. The van der Waals surface area contributed by atoms with Gasteiger partial charge in [-0.15, -0.1) is 0 Å². The molecule has 0 aliphatic carbocycles. The van der Waals surface area contributed by atoms with Crippen LogP contribution in [0.15, 0.2) is 59.6 Å². The maximum atomic E-state index is 12.9. The molecule has 0 aromatic heterocycles. The van der Waals surface area contributed by atoms with Gasteiger partial charge < -0.3 is 4.74 Å². The number of amides is 2. The third-order valence-electron chi connectivity index (χ3n) is 4.60. The molecule has 32 heavy (non-hydrogen) atoms. The van der Waals surface area contributed by atoms with Crippen molar-refractivity contribution in [1.82, 2.24) is 5.32 Å². The number of nitriles is 1. The quantitative estimate of drug-likeness (QED) is 0.130. The van der Waals surface area contributed by atoms with Gasteiger partial charge in [-0.3, -0.25) is 14.9 Å². The number of aliphatic imine (C=N–C) groups is 1. The molecule has 1 saturated heterocycles. The summed E-state index contributed by atoms with van der Waals surface area (Å²) in [5.41, 5.74) is 1.35. The van der Waals surface area contributed by atoms with Gasteiger partial charge in [-0.25, -0.2) is 14.7 Å². The summed E-state index contributed by atoms with van der Waals surface area (Å²) < 4.78 is 5.17. The lowest BCUT2D eigenvalue weighted by Crippen LogP contribution is -2.32. The Balaban J connectivity index is 1.70. The Morgan fingerprint density at radius 1 is 1.22 bits per heavy atom. The highest BCUT2D eigenvalue weighted by Crippen LogP contribution is 2.31. The topological polar surface area (TPSA) is 112 Å². The van der Waals surface area contributed by atoms with Crippen LogP contribution in [0.25, 0.3) is 0 Å². The molecule has 2 aromatic rings. The van der Waals surface area contributed by atoms with E-state index in [-0.39, 0.29) is 17.5 Å². The zero-order valence-corrected chi connectivity index (χ0v) is 18.3. The lowest BCUT2D eigenvalue weighted by molar-refractivity contribution is -0.121. The molecule has 1 atom stereocenters. The number of hydrogen-bond donors (Lipinski definition) is 1. The van der Waals surface area contributed by atoms with Gasteiger partial charge in [-0.05, 0) is 42.8 Å². The second-order valence-electron chi connectivity index (χ2n) is 6.90. The van der Waals surface area contributed by atoms with Crippen LogP contribution >= 0.6 is 11.8 Å². The maximum Gasteiger partial charge on any atom is 0.338 e. The zero-order valence-electron chi connectivity index (χ0n) is 17.5. The highest BCUT2D eigenvalue weighted by atomic mass is 32.2. The Morgan fingerprint density at radius 3 is 2.59 bits per heavy atom. The predicted octanol–water partition coefficient (Wildman–Crippen LogP) is 3.77. The molecule has 0 radical (unpaired) electrons. The summed E-state index contributed by atoms with van der Waals surface area (Å²) in [6.45, 7) is 2.35. The maximum absolute atomic E-state index is 12.9. The van der Waals surface area contributed by atoms with Crippen LogP contribution in [0, 0.1) is 11.5 Å². The van der Waals surface area contributed by atoms with Crippen molar-refractivity contribution < 1.29 is 19.1 Å². The largest absolute Gasteiger partial charge is 0.462 e. The molecule has 3 rings (SSSR count). The van der Waals surface area contributed by atoms with Crippen LogP contribution in [0.3, 0.4) is 0 Å². The van der Waals surface area contributed by atoms with Crippen LogP contribution in [0.1, 0.15) is 36.5 Å². The molecular formula is C23H22N4O4S. The number of carbonyl (C=O) groups excluding carboxylic acids is 3. The van der Waals surface area contributed by atoms with Gasteiger partial charge in [0.1, 0.15) is 5.25 Å². The number of hydrogen-bond acceptors (Lipinski definition) is 7. The van der Waals surface area contributed by atoms with Crippen molar-refractivity contribution in [2.45, 2.75) is 31.4 Å². The minimum Gasteiger partial charge on any atom is -0.462 e. The Morgan fingerprint density at radius 2 is 1.94 bits per heavy atom. The fourth-order valence-corrected chi connectivity index (χ4v) is 3.96. The van der Waals surface area contributed by atoms with Gasteiger partial charge in [-0.1, -0.05) is 43.3 Å². The van der Waals surface area contributed by atoms with E-state index in [2.05, 4.69) is 10.3 Å². The first kappa shape index (κ1) is 23.0. The van der Waals surface area contributed by atoms with E-state index in [1.807, 2.05) is 31.3 Å². The Hall–Kier alpha value is -3.64. The first-order valence-corrected chi connectivity index (χ1v) is 11.0. The second kappa shape index (κ2) is 11.1. The number of para-hydroxylation sites is 1. The van der Waals surface area contributed by atoms with E-state index >= 15 is 0 Å². The van der Waals surface area contributed by atoms with Crippen molar-refractivity contribution in [3.8, 4) is 6.19 Å². The molecule has 0 bridgehead atoms. The van der Waals surface area contributed by atoms with Crippen molar-refractivity contribution in [2.24, 2.45) is 4.99 Å². The number of esters is 1. The summed E-state index contributed by atoms with van der Waals surface area (Å²) in [7, 11) is 0. The van der Waals surface area contributed by atoms with Gasteiger partial charge in [0.25, 0.3) is 0 Å². The number of nitrogens with zero attached hydrogens (tertiary/aromatic N) is 3. The SMILES string of the molecule is CCCCOC(=O)c1ccc(N2C(=O)C[C@H](SC(=Nc3ccccc3)NC#N)C2=O)cc1. The number of ether oxygens (including phenoxy) is 1. The molecule has 2 amide bonds. The van der Waals surface area contributed by atoms with Crippen molar-refractivity contribution >= 4 is 46.1 Å². The van der Waals surface area contributed by atoms with Gasteiger partial charge >= 0.3 is 5.97 Å². The predicted molar refractivity (Wildman–Crippen MR) is 122 cm³/mol. The average molecular weight is 451 g/mol. The monoisotopic (exact) mass is 450 g/mol. The van der Waals surface area contributed by atoms with Gasteiger partial charge in [0, 0.05) is 6.42 Å². The van der Waals surface area contributed by atoms with Crippen molar-refractivity contribution in [1.29, 1.82) is 5.26 Å². The molecule has 1 N–H and O–H groups in total. The molecule has 9 heteroatoms. The number of thioether (sulfide) groups is 1. The van der Waals surface area contributed by atoms with E-state index in [0.717, 1.165) is 29.5 Å². The summed E-state index contributed by atoms with van der Waals surface area (Å²) in [5, 5.41) is 11.0. The first-order chi connectivity index (χ1) is 15.5. The summed E-state index contributed by atoms with van der Waals surface area (Å²) in [6.07, 6.45) is 3.50. The Bertz CT molecular complexity index is 1050. The molecule has 164 valence electrons. The molecule has 1 aliphatic heterocycles. The minimum atomic E-state index is -0.718. The number of anilines is 1. The number of nitrogens with one attached hydrogen (secondary N) is 1. The number of imide groups is 1. The average Bonchev–Trinajstić information content (AvgIpc) is 3.07. The number of amidine groups is 1. The Labute approximate surface area is 190 Å². The highest BCUT2D eigenvalue weighted by molar-refractivity contribution is 8.15. The third kappa shape index (κ3) is 5.74. The normalized spacial score (nSPS) is 16.1. The number of carbonyl (C=O) groups is 3. The lowest BCUT2D eigenvalue weighted by atomic mass is 10.2. The molecular weight excluding hydrogens is 428 g/mol. The first-order valence-electron chi connectivity index (χ1n) is 10.1. The van der Waals surface area contributed by atoms with Crippen LogP contribution in [0.5, 0.6) is 0 Å². The molecule has 0 unspecified atom stereocenters. The third-order valence-corrected chi connectivity index (χ3v) is 5.67. The fourth-order valence-electron chi connectivity index (χ4n) is 2.99. The van der Waals surface area contributed by atoms with Gasteiger partial charge in [-0.2, -0.15) is 5.26 Å².